The van der Waals surface area contributed by atoms with Crippen molar-refractivity contribution in [3.8, 4) is 10.6 Å². The van der Waals surface area contributed by atoms with E-state index in [1.165, 1.54) is 11.3 Å². The molecule has 4 rings (SSSR count). The molecule has 0 spiro atoms. The van der Waals surface area contributed by atoms with E-state index in [9.17, 15) is 14.4 Å². The lowest BCUT2D eigenvalue weighted by atomic mass is 10.2. The van der Waals surface area contributed by atoms with Gasteiger partial charge in [-0.05, 0) is 38.0 Å². The van der Waals surface area contributed by atoms with Gasteiger partial charge in [0.2, 0.25) is 0 Å². The van der Waals surface area contributed by atoms with E-state index in [1.807, 2.05) is 30.3 Å². The molecule has 2 aromatic carbocycles. The molecule has 1 fully saturated rings. The number of carbonyl (C=O) groups excluding carboxylic acids is 3. The lowest BCUT2D eigenvalue weighted by Crippen LogP contribution is -2.25. The number of rotatable bonds is 7. The monoisotopic (exact) mass is 435 g/mol. The first kappa shape index (κ1) is 20.7. The van der Waals surface area contributed by atoms with E-state index in [2.05, 4.69) is 15.6 Å². The number of hydrogen-bond acceptors (Lipinski definition) is 6. The SMILES string of the molecule is Cc1nc(-c2ccccc2)sc1C(=O)OCC(=O)Nc1cccc(C(=O)NC2CC2)c1. The highest BCUT2D eigenvalue weighted by atomic mass is 32.1. The molecule has 1 saturated carbocycles. The van der Waals surface area contributed by atoms with Crippen LogP contribution >= 0.6 is 11.3 Å². The van der Waals surface area contributed by atoms with Crippen molar-refractivity contribution in [2.24, 2.45) is 0 Å². The number of esters is 1. The fraction of sp³-hybridized carbons (Fsp3) is 0.217. The number of amides is 2. The van der Waals surface area contributed by atoms with E-state index in [-0.39, 0.29) is 11.9 Å². The first-order valence-electron chi connectivity index (χ1n) is 9.90. The van der Waals surface area contributed by atoms with Crippen LogP contribution in [0, 0.1) is 6.92 Å². The molecule has 2 N–H and O–H groups in total. The summed E-state index contributed by atoms with van der Waals surface area (Å²) in [5.74, 6) is -1.25. The van der Waals surface area contributed by atoms with Crippen LogP contribution in [0.1, 0.15) is 38.6 Å². The summed E-state index contributed by atoms with van der Waals surface area (Å²) < 4.78 is 5.17. The summed E-state index contributed by atoms with van der Waals surface area (Å²) in [5.41, 5.74) is 2.40. The molecule has 3 aromatic rings. The molecule has 1 aromatic heterocycles. The number of aromatic nitrogens is 1. The number of nitrogens with zero attached hydrogens (tertiary/aromatic N) is 1. The molecule has 0 unspecified atom stereocenters. The van der Waals surface area contributed by atoms with Gasteiger partial charge < -0.3 is 15.4 Å². The molecule has 158 valence electrons. The molecular formula is C23H21N3O4S. The Morgan fingerprint density at radius 1 is 1.10 bits per heavy atom. The molecule has 0 saturated heterocycles. The van der Waals surface area contributed by atoms with Crippen molar-refractivity contribution >= 4 is 34.8 Å². The van der Waals surface area contributed by atoms with Gasteiger partial charge in [-0.3, -0.25) is 9.59 Å². The third-order valence-electron chi connectivity index (χ3n) is 4.66. The van der Waals surface area contributed by atoms with E-state index in [1.54, 1.807) is 31.2 Å². The van der Waals surface area contributed by atoms with Crippen molar-refractivity contribution in [3.05, 3.63) is 70.7 Å². The Kier molecular flexibility index (Phi) is 6.08. The number of aryl methyl sites for hydroxylation is 1. The molecule has 0 radical (unpaired) electrons. The van der Waals surface area contributed by atoms with Gasteiger partial charge in [-0.2, -0.15) is 0 Å². The van der Waals surface area contributed by atoms with Gasteiger partial charge in [-0.15, -0.1) is 11.3 Å². The molecule has 2 amide bonds. The molecule has 31 heavy (non-hydrogen) atoms. The van der Waals surface area contributed by atoms with Gasteiger partial charge in [0.1, 0.15) is 9.88 Å². The standard InChI is InChI=1S/C23H21N3O4S/c1-14-20(31-22(24-14)15-6-3-2-4-7-15)23(29)30-13-19(27)25-18-9-5-8-16(12-18)21(28)26-17-10-11-17/h2-9,12,17H,10-11,13H2,1H3,(H,25,27)(H,26,28). The van der Waals surface area contributed by atoms with Crippen molar-refractivity contribution < 1.29 is 19.1 Å². The molecule has 0 bridgehead atoms. The van der Waals surface area contributed by atoms with Crippen LogP contribution in [0.2, 0.25) is 0 Å². The maximum atomic E-state index is 12.4. The van der Waals surface area contributed by atoms with Crippen LogP contribution in [-0.2, 0) is 9.53 Å². The third-order valence-corrected chi connectivity index (χ3v) is 5.84. The fourth-order valence-corrected chi connectivity index (χ4v) is 3.88. The van der Waals surface area contributed by atoms with Crippen LogP contribution in [0.5, 0.6) is 0 Å². The fourth-order valence-electron chi connectivity index (χ4n) is 2.92. The van der Waals surface area contributed by atoms with Gasteiger partial charge in [0, 0.05) is 22.9 Å². The Hall–Kier alpha value is -3.52. The highest BCUT2D eigenvalue weighted by Crippen LogP contribution is 2.28. The number of thiazole rings is 1. The number of benzene rings is 2. The second kappa shape index (κ2) is 9.09. The number of nitrogens with one attached hydrogen (secondary N) is 2. The normalized spacial score (nSPS) is 12.8. The molecule has 7 nitrogen and oxygen atoms in total. The van der Waals surface area contributed by atoms with Gasteiger partial charge in [0.15, 0.2) is 6.61 Å². The molecule has 1 aliphatic carbocycles. The summed E-state index contributed by atoms with van der Waals surface area (Å²) in [6, 6.07) is 16.4. The van der Waals surface area contributed by atoms with Gasteiger partial charge >= 0.3 is 5.97 Å². The summed E-state index contributed by atoms with van der Waals surface area (Å²) in [4.78, 5) is 41.6. The maximum Gasteiger partial charge on any atom is 0.350 e. The molecule has 0 aliphatic heterocycles. The smallest absolute Gasteiger partial charge is 0.350 e. The molecule has 1 aliphatic rings. The minimum Gasteiger partial charge on any atom is -0.451 e. The average Bonchev–Trinajstić information content (AvgIpc) is 3.51. The van der Waals surface area contributed by atoms with E-state index >= 15 is 0 Å². The zero-order valence-electron chi connectivity index (χ0n) is 16.9. The summed E-state index contributed by atoms with van der Waals surface area (Å²) >= 11 is 1.23. The molecular weight excluding hydrogens is 414 g/mol. The van der Waals surface area contributed by atoms with Crippen LogP contribution in [0.15, 0.2) is 54.6 Å². The Balaban J connectivity index is 1.33. The largest absolute Gasteiger partial charge is 0.451 e. The zero-order valence-corrected chi connectivity index (χ0v) is 17.7. The highest BCUT2D eigenvalue weighted by molar-refractivity contribution is 7.17. The van der Waals surface area contributed by atoms with Gasteiger partial charge in [0.05, 0.1) is 5.69 Å². The summed E-state index contributed by atoms with van der Waals surface area (Å²) in [7, 11) is 0. The first-order chi connectivity index (χ1) is 15.0. The molecule has 1 heterocycles. The van der Waals surface area contributed by atoms with Crippen molar-refractivity contribution in [2.45, 2.75) is 25.8 Å². The number of carbonyl (C=O) groups is 3. The van der Waals surface area contributed by atoms with Crippen LogP contribution in [0.25, 0.3) is 10.6 Å². The summed E-state index contributed by atoms with van der Waals surface area (Å²) in [6.07, 6.45) is 2.00. The topological polar surface area (TPSA) is 97.4 Å². The highest BCUT2D eigenvalue weighted by Gasteiger charge is 2.24. The average molecular weight is 436 g/mol. The third kappa shape index (κ3) is 5.35. The lowest BCUT2D eigenvalue weighted by Gasteiger charge is -2.08. The van der Waals surface area contributed by atoms with E-state index in [0.29, 0.717) is 21.8 Å². The summed E-state index contributed by atoms with van der Waals surface area (Å²) in [6.45, 7) is 1.30. The van der Waals surface area contributed by atoms with Gasteiger partial charge in [0.25, 0.3) is 11.8 Å². The minimum absolute atomic E-state index is 0.167. The van der Waals surface area contributed by atoms with E-state index in [4.69, 9.17) is 4.74 Å². The van der Waals surface area contributed by atoms with Crippen LogP contribution < -0.4 is 10.6 Å². The summed E-state index contributed by atoms with van der Waals surface area (Å²) in [5, 5.41) is 6.27. The Labute approximate surface area is 183 Å². The van der Waals surface area contributed by atoms with Gasteiger partial charge in [-0.1, -0.05) is 36.4 Å². The Bertz CT molecular complexity index is 1120. The second-order valence-corrected chi connectivity index (χ2v) is 8.25. The quantitative estimate of drug-likeness (QED) is 0.550. The van der Waals surface area contributed by atoms with Crippen LogP contribution in [-0.4, -0.2) is 35.4 Å². The maximum absolute atomic E-state index is 12.4. The number of anilines is 1. The van der Waals surface area contributed by atoms with E-state index < -0.39 is 18.5 Å². The lowest BCUT2D eigenvalue weighted by molar-refractivity contribution is -0.119. The first-order valence-corrected chi connectivity index (χ1v) is 10.7. The minimum atomic E-state index is -0.593. The Morgan fingerprint density at radius 3 is 2.61 bits per heavy atom. The molecule has 0 atom stereocenters. The number of hydrogen-bond donors (Lipinski definition) is 2. The van der Waals surface area contributed by atoms with Crippen LogP contribution in [0.3, 0.4) is 0 Å². The second-order valence-electron chi connectivity index (χ2n) is 7.25. The Morgan fingerprint density at radius 2 is 1.87 bits per heavy atom. The molecule has 8 heteroatoms. The van der Waals surface area contributed by atoms with Gasteiger partial charge in [-0.25, -0.2) is 9.78 Å². The predicted octanol–water partition coefficient (Wildman–Crippen LogP) is 3.81. The predicted molar refractivity (Wildman–Crippen MR) is 118 cm³/mol. The zero-order chi connectivity index (χ0) is 21.8. The van der Waals surface area contributed by atoms with Crippen molar-refractivity contribution in [1.82, 2.24) is 10.3 Å². The van der Waals surface area contributed by atoms with Crippen molar-refractivity contribution in [3.63, 3.8) is 0 Å². The number of ether oxygens (including phenoxy) is 1. The van der Waals surface area contributed by atoms with Crippen molar-refractivity contribution in [2.75, 3.05) is 11.9 Å². The van der Waals surface area contributed by atoms with Crippen molar-refractivity contribution in [1.29, 1.82) is 0 Å². The van der Waals surface area contributed by atoms with Crippen LogP contribution in [0.4, 0.5) is 5.69 Å². The van der Waals surface area contributed by atoms with E-state index in [0.717, 1.165) is 23.4 Å².